The topological polar surface area (TPSA) is 76.6 Å². The maximum absolute atomic E-state index is 12.4. The van der Waals surface area contributed by atoms with E-state index in [9.17, 15) is 9.59 Å². The number of para-hydroxylation sites is 1. The number of carbonyl (C=O) groups excluding carboxylic acids is 2. The fourth-order valence-electron chi connectivity index (χ4n) is 3.37. The van der Waals surface area contributed by atoms with Gasteiger partial charge in [0.15, 0.2) is 6.54 Å². The summed E-state index contributed by atoms with van der Waals surface area (Å²) in [5.41, 5.74) is 8.71. The number of rotatable bonds is 6. The van der Waals surface area contributed by atoms with E-state index in [-0.39, 0.29) is 17.7 Å². The van der Waals surface area contributed by atoms with Crippen molar-refractivity contribution < 1.29 is 14.5 Å². The standard InChI is InChI=1S/C18H27N3O2/c1-3-13-7-5-8-14(4-2)17(13)20-16(22)12-21-10-6-9-15(11-21)18(19)23/h5,7-8,15H,3-4,6,9-12H2,1-2H3,(H2,19,23)(H,20,22)/p+1/t15-/m1/s1. The summed E-state index contributed by atoms with van der Waals surface area (Å²) >= 11 is 0. The van der Waals surface area contributed by atoms with Crippen LogP contribution in [-0.2, 0) is 22.4 Å². The molecule has 126 valence electrons. The van der Waals surface area contributed by atoms with Crippen LogP contribution in [0.2, 0.25) is 0 Å². The van der Waals surface area contributed by atoms with Gasteiger partial charge in [-0.3, -0.25) is 9.59 Å². The minimum atomic E-state index is -0.243. The Balaban J connectivity index is 2.01. The Morgan fingerprint density at radius 3 is 2.48 bits per heavy atom. The first-order valence-electron chi connectivity index (χ1n) is 8.58. The molecule has 2 atom stereocenters. The molecule has 1 saturated heterocycles. The second kappa shape index (κ2) is 8.11. The van der Waals surface area contributed by atoms with E-state index < -0.39 is 0 Å². The highest BCUT2D eigenvalue weighted by Crippen LogP contribution is 2.22. The van der Waals surface area contributed by atoms with E-state index in [4.69, 9.17) is 5.73 Å². The van der Waals surface area contributed by atoms with Crippen LogP contribution in [0.25, 0.3) is 0 Å². The van der Waals surface area contributed by atoms with Crippen molar-refractivity contribution in [1.29, 1.82) is 0 Å². The second-order valence-corrected chi connectivity index (χ2v) is 6.33. The summed E-state index contributed by atoms with van der Waals surface area (Å²) < 4.78 is 0. The molecule has 23 heavy (non-hydrogen) atoms. The molecule has 0 saturated carbocycles. The highest BCUT2D eigenvalue weighted by molar-refractivity contribution is 5.93. The van der Waals surface area contributed by atoms with Crippen LogP contribution in [0.4, 0.5) is 5.69 Å². The first-order chi connectivity index (χ1) is 11.0. The van der Waals surface area contributed by atoms with Gasteiger partial charge in [-0.25, -0.2) is 0 Å². The third-order valence-electron chi connectivity index (χ3n) is 4.69. The summed E-state index contributed by atoms with van der Waals surface area (Å²) in [6.45, 7) is 6.17. The predicted octanol–water partition coefficient (Wildman–Crippen LogP) is 0.530. The number of likely N-dealkylation sites (tertiary alicyclic amines) is 1. The number of nitrogens with one attached hydrogen (secondary N) is 2. The Kier molecular flexibility index (Phi) is 6.16. The minimum absolute atomic E-state index is 0.0146. The number of carbonyl (C=O) groups is 2. The van der Waals surface area contributed by atoms with Gasteiger partial charge in [-0.2, -0.15) is 0 Å². The molecule has 1 heterocycles. The summed E-state index contributed by atoms with van der Waals surface area (Å²) in [5.74, 6) is -0.325. The number of primary amides is 1. The lowest BCUT2D eigenvalue weighted by Gasteiger charge is -2.27. The highest BCUT2D eigenvalue weighted by atomic mass is 16.2. The van der Waals surface area contributed by atoms with Gasteiger partial charge in [-0.15, -0.1) is 0 Å². The Morgan fingerprint density at radius 1 is 1.26 bits per heavy atom. The zero-order chi connectivity index (χ0) is 16.8. The number of benzene rings is 1. The fourth-order valence-corrected chi connectivity index (χ4v) is 3.37. The molecule has 1 unspecified atom stereocenters. The molecular weight excluding hydrogens is 290 g/mol. The van der Waals surface area contributed by atoms with Gasteiger partial charge in [-0.1, -0.05) is 32.0 Å². The van der Waals surface area contributed by atoms with Gasteiger partial charge in [0.25, 0.3) is 5.91 Å². The molecule has 1 aromatic carbocycles. The van der Waals surface area contributed by atoms with Gasteiger partial charge in [0.05, 0.1) is 19.0 Å². The number of nitrogens with two attached hydrogens (primary N) is 1. The molecule has 5 heteroatoms. The molecule has 1 aliphatic rings. The molecule has 1 aromatic rings. The molecule has 0 radical (unpaired) electrons. The van der Waals surface area contributed by atoms with Crippen molar-refractivity contribution >= 4 is 17.5 Å². The van der Waals surface area contributed by atoms with Crippen molar-refractivity contribution in [3.05, 3.63) is 29.3 Å². The number of amides is 2. The molecule has 1 fully saturated rings. The Hall–Kier alpha value is -1.88. The van der Waals surface area contributed by atoms with E-state index in [1.165, 1.54) is 11.1 Å². The van der Waals surface area contributed by atoms with Crippen molar-refractivity contribution in [2.75, 3.05) is 25.0 Å². The van der Waals surface area contributed by atoms with Gasteiger partial charge in [0.1, 0.15) is 0 Å². The van der Waals surface area contributed by atoms with Gasteiger partial charge < -0.3 is 16.0 Å². The quantitative estimate of drug-likeness (QED) is 0.715. The van der Waals surface area contributed by atoms with Crippen LogP contribution in [0.1, 0.15) is 37.8 Å². The van der Waals surface area contributed by atoms with Crippen molar-refractivity contribution in [2.24, 2.45) is 11.7 Å². The van der Waals surface area contributed by atoms with Gasteiger partial charge in [-0.05, 0) is 36.8 Å². The van der Waals surface area contributed by atoms with Crippen LogP contribution in [-0.4, -0.2) is 31.4 Å². The van der Waals surface area contributed by atoms with E-state index in [0.29, 0.717) is 13.1 Å². The van der Waals surface area contributed by atoms with E-state index >= 15 is 0 Å². The maximum Gasteiger partial charge on any atom is 0.279 e. The molecule has 0 aliphatic carbocycles. The summed E-state index contributed by atoms with van der Waals surface area (Å²) in [6.07, 6.45) is 3.58. The number of aryl methyl sites for hydroxylation is 2. The highest BCUT2D eigenvalue weighted by Gasteiger charge is 2.28. The van der Waals surface area contributed by atoms with E-state index in [1.54, 1.807) is 0 Å². The Labute approximate surface area is 138 Å². The lowest BCUT2D eigenvalue weighted by atomic mass is 9.97. The second-order valence-electron chi connectivity index (χ2n) is 6.33. The normalized spacial score (nSPS) is 21.0. The minimum Gasteiger partial charge on any atom is -0.369 e. The fraction of sp³-hybridized carbons (Fsp3) is 0.556. The van der Waals surface area contributed by atoms with Gasteiger partial charge in [0.2, 0.25) is 5.91 Å². The van der Waals surface area contributed by atoms with Crippen molar-refractivity contribution in [1.82, 2.24) is 0 Å². The Morgan fingerprint density at radius 2 is 1.91 bits per heavy atom. The zero-order valence-corrected chi connectivity index (χ0v) is 14.2. The number of hydrogen-bond donors (Lipinski definition) is 3. The van der Waals surface area contributed by atoms with E-state index in [0.717, 1.165) is 42.8 Å². The zero-order valence-electron chi connectivity index (χ0n) is 14.2. The smallest absolute Gasteiger partial charge is 0.279 e. The lowest BCUT2D eigenvalue weighted by molar-refractivity contribution is -0.899. The van der Waals surface area contributed by atoms with Crippen molar-refractivity contribution in [3.63, 3.8) is 0 Å². The average Bonchev–Trinajstić information content (AvgIpc) is 2.55. The summed E-state index contributed by atoms with van der Waals surface area (Å²) in [4.78, 5) is 24.9. The van der Waals surface area contributed by atoms with Crippen LogP contribution < -0.4 is 16.0 Å². The third kappa shape index (κ3) is 4.55. The molecule has 1 aliphatic heterocycles. The molecule has 2 rings (SSSR count). The number of quaternary nitrogens is 1. The van der Waals surface area contributed by atoms with Gasteiger partial charge in [0, 0.05) is 5.69 Å². The van der Waals surface area contributed by atoms with Gasteiger partial charge >= 0.3 is 0 Å². The van der Waals surface area contributed by atoms with Crippen molar-refractivity contribution in [2.45, 2.75) is 39.5 Å². The number of piperidine rings is 1. The number of hydrogen-bond acceptors (Lipinski definition) is 2. The van der Waals surface area contributed by atoms with Crippen LogP contribution in [0.3, 0.4) is 0 Å². The molecule has 0 aromatic heterocycles. The SMILES string of the molecule is CCc1cccc(CC)c1NC(=O)C[NH+]1CCC[C@@H](C(N)=O)C1. The van der Waals surface area contributed by atoms with Crippen LogP contribution >= 0.6 is 0 Å². The summed E-state index contributed by atoms with van der Waals surface area (Å²) in [7, 11) is 0. The summed E-state index contributed by atoms with van der Waals surface area (Å²) in [6, 6.07) is 6.16. The average molecular weight is 318 g/mol. The first-order valence-corrected chi connectivity index (χ1v) is 8.58. The van der Waals surface area contributed by atoms with Crippen LogP contribution in [0.5, 0.6) is 0 Å². The molecule has 4 N–H and O–H groups in total. The number of anilines is 1. The monoisotopic (exact) mass is 318 g/mol. The Bertz CT molecular complexity index is 549. The molecular formula is C18H28N3O2+. The van der Waals surface area contributed by atoms with Crippen LogP contribution in [0.15, 0.2) is 18.2 Å². The summed E-state index contributed by atoms with van der Waals surface area (Å²) in [5, 5.41) is 3.10. The first kappa shape index (κ1) is 17.5. The maximum atomic E-state index is 12.4. The molecule has 0 spiro atoms. The molecule has 5 nitrogen and oxygen atoms in total. The largest absolute Gasteiger partial charge is 0.369 e. The lowest BCUT2D eigenvalue weighted by Crippen LogP contribution is -3.14. The third-order valence-corrected chi connectivity index (χ3v) is 4.69. The van der Waals surface area contributed by atoms with E-state index in [1.807, 2.05) is 6.07 Å². The molecule has 2 amide bonds. The predicted molar refractivity (Wildman–Crippen MR) is 91.3 cm³/mol. The molecule has 0 bridgehead atoms. The van der Waals surface area contributed by atoms with Crippen molar-refractivity contribution in [3.8, 4) is 0 Å². The van der Waals surface area contributed by atoms with Crippen LogP contribution in [0, 0.1) is 5.92 Å². The van der Waals surface area contributed by atoms with E-state index in [2.05, 4.69) is 31.3 Å².